The molecule has 1 aliphatic heterocycles. The molecule has 3 N–H and O–H groups in total. The minimum atomic E-state index is -4.87. The molecule has 0 saturated heterocycles. The summed E-state index contributed by atoms with van der Waals surface area (Å²) < 4.78 is 53.4. The van der Waals surface area contributed by atoms with E-state index in [0.29, 0.717) is 36.6 Å². The van der Waals surface area contributed by atoms with Crippen molar-refractivity contribution in [3.05, 3.63) is 76.2 Å². The number of halogens is 4. The number of H-pyrrole nitrogens is 1. The summed E-state index contributed by atoms with van der Waals surface area (Å²) in [5.41, 5.74) is 0.905. The average molecular weight is 548 g/mol. The second-order valence-electron chi connectivity index (χ2n) is 8.85. The van der Waals surface area contributed by atoms with Crippen LogP contribution in [0.25, 0.3) is 11.1 Å². The Morgan fingerprint density at radius 3 is 2.62 bits per heavy atom. The molecule has 0 bridgehead atoms. The Morgan fingerprint density at radius 1 is 1.21 bits per heavy atom. The lowest BCUT2D eigenvalue weighted by Gasteiger charge is -2.26. The number of carbonyl (C=O) groups excluding carboxylic acids is 1. The van der Waals surface area contributed by atoms with Crippen molar-refractivity contribution < 1.29 is 27.2 Å². The molecule has 0 radical (unpaired) electrons. The number of aromatic nitrogens is 4. The van der Waals surface area contributed by atoms with Gasteiger partial charge in [-0.2, -0.15) is 18.3 Å². The van der Waals surface area contributed by atoms with Crippen LogP contribution in [0.2, 0.25) is 0 Å². The first kappa shape index (κ1) is 27.7. The summed E-state index contributed by atoms with van der Waals surface area (Å²) in [4.78, 5) is 39.6. The molecule has 1 amide bonds. The van der Waals surface area contributed by atoms with Crippen LogP contribution in [0.4, 0.5) is 29.2 Å². The van der Waals surface area contributed by atoms with E-state index in [2.05, 4.69) is 25.9 Å². The van der Waals surface area contributed by atoms with Gasteiger partial charge in [-0.15, -0.1) is 0 Å². The molecule has 0 aliphatic carbocycles. The summed E-state index contributed by atoms with van der Waals surface area (Å²) in [7, 11) is 0. The van der Waals surface area contributed by atoms with Crippen LogP contribution < -0.4 is 21.3 Å². The number of anilines is 2. The van der Waals surface area contributed by atoms with E-state index in [1.165, 1.54) is 13.0 Å². The highest BCUT2D eigenvalue weighted by Gasteiger charge is 2.37. The van der Waals surface area contributed by atoms with Crippen LogP contribution in [0.3, 0.4) is 0 Å². The normalized spacial score (nSPS) is 14.5. The van der Waals surface area contributed by atoms with E-state index in [0.717, 1.165) is 11.8 Å². The van der Waals surface area contributed by atoms with Crippen LogP contribution in [0, 0.1) is 5.82 Å². The van der Waals surface area contributed by atoms with Crippen molar-refractivity contribution >= 4 is 17.5 Å². The van der Waals surface area contributed by atoms with Gasteiger partial charge in [-0.3, -0.25) is 14.4 Å². The molecule has 1 atom stereocenters. The number of carbonyl (C=O) groups is 1. The SMILES string of the molecule is C[C@@H](CONC(=O)CC1=CCN(c2ncc(-c3ccccc3F)cn2)CC1)Nc1cn[nH]c(=O)c1C(F)(F)F. The van der Waals surface area contributed by atoms with Gasteiger partial charge in [0.05, 0.1) is 18.5 Å². The number of alkyl halides is 3. The lowest BCUT2D eigenvalue weighted by atomic mass is 10.0. The Labute approximate surface area is 220 Å². The molecule has 0 unspecified atom stereocenters. The maximum atomic E-state index is 14.0. The average Bonchev–Trinajstić information content (AvgIpc) is 2.89. The number of hydrogen-bond acceptors (Lipinski definition) is 8. The number of aromatic amines is 1. The quantitative estimate of drug-likeness (QED) is 0.211. The molecule has 0 fully saturated rings. The third kappa shape index (κ3) is 7.16. The van der Waals surface area contributed by atoms with Crippen LogP contribution in [0.1, 0.15) is 25.3 Å². The summed E-state index contributed by atoms with van der Waals surface area (Å²) >= 11 is 0. The maximum absolute atomic E-state index is 14.0. The number of nitrogens with zero attached hydrogens (tertiary/aromatic N) is 4. The third-order valence-electron chi connectivity index (χ3n) is 5.86. The second-order valence-corrected chi connectivity index (χ2v) is 8.85. The maximum Gasteiger partial charge on any atom is 0.423 e. The van der Waals surface area contributed by atoms with Gasteiger partial charge in [-0.1, -0.05) is 29.8 Å². The number of hydroxylamine groups is 1. The van der Waals surface area contributed by atoms with E-state index in [9.17, 15) is 27.2 Å². The third-order valence-corrected chi connectivity index (χ3v) is 5.86. The largest absolute Gasteiger partial charge is 0.423 e. The number of nitrogens with one attached hydrogen (secondary N) is 3. The summed E-state index contributed by atoms with van der Waals surface area (Å²) in [5, 5.41) is 7.67. The molecule has 1 aliphatic rings. The van der Waals surface area contributed by atoms with Crippen molar-refractivity contribution in [2.45, 2.75) is 32.0 Å². The minimum absolute atomic E-state index is 0.0823. The van der Waals surface area contributed by atoms with Gasteiger partial charge in [-0.25, -0.2) is 24.9 Å². The zero-order valence-corrected chi connectivity index (χ0v) is 20.8. The summed E-state index contributed by atoms with van der Waals surface area (Å²) in [6, 6.07) is 5.70. The molecule has 4 rings (SSSR count). The Morgan fingerprint density at radius 2 is 1.95 bits per heavy atom. The van der Waals surface area contributed by atoms with Gasteiger partial charge in [0.25, 0.3) is 5.56 Å². The van der Waals surface area contributed by atoms with Gasteiger partial charge in [0.15, 0.2) is 0 Å². The van der Waals surface area contributed by atoms with Gasteiger partial charge in [0, 0.05) is 49.1 Å². The molecule has 2 aromatic heterocycles. The molecule has 0 spiro atoms. The Balaban J connectivity index is 1.23. The summed E-state index contributed by atoms with van der Waals surface area (Å²) in [6.07, 6.45) is 1.68. The molecule has 0 saturated carbocycles. The molecule has 10 nitrogen and oxygen atoms in total. The van der Waals surface area contributed by atoms with Crippen LogP contribution in [0.5, 0.6) is 0 Å². The van der Waals surface area contributed by atoms with Crippen molar-refractivity contribution in [1.82, 2.24) is 25.6 Å². The van der Waals surface area contributed by atoms with Gasteiger partial charge in [0.2, 0.25) is 11.9 Å². The van der Waals surface area contributed by atoms with Crippen LogP contribution in [-0.4, -0.2) is 51.8 Å². The molecule has 39 heavy (non-hydrogen) atoms. The van der Waals surface area contributed by atoms with Crippen molar-refractivity contribution in [3.63, 3.8) is 0 Å². The fraction of sp³-hybridized carbons (Fsp3) is 0.320. The summed E-state index contributed by atoms with van der Waals surface area (Å²) in [5.74, 6) is -0.279. The first-order valence-corrected chi connectivity index (χ1v) is 11.9. The van der Waals surface area contributed by atoms with Crippen molar-refractivity contribution in [3.8, 4) is 11.1 Å². The molecule has 3 aromatic rings. The molecule has 206 valence electrons. The zero-order valence-electron chi connectivity index (χ0n) is 20.8. The Bertz CT molecular complexity index is 1390. The smallest absolute Gasteiger partial charge is 0.378 e. The monoisotopic (exact) mass is 547 g/mol. The van der Waals surface area contributed by atoms with Gasteiger partial charge in [0.1, 0.15) is 11.4 Å². The number of benzene rings is 1. The zero-order chi connectivity index (χ0) is 28.0. The second kappa shape index (κ2) is 12.0. The standard InChI is InChI=1S/C25H25F4N7O3/c1-15(33-20-13-32-34-23(38)22(20)25(27,28)29)14-39-35-21(37)10-16-6-8-36(9-7-16)24-30-11-17(12-31-24)18-4-2-3-5-19(18)26/h2-6,11-13,15H,7-10,14H2,1H3,(H,35,37)(H2,33,34,38)/t15-/m0/s1. The highest BCUT2D eigenvalue weighted by atomic mass is 19.4. The van der Waals surface area contributed by atoms with E-state index < -0.39 is 34.9 Å². The van der Waals surface area contributed by atoms with E-state index >= 15 is 0 Å². The van der Waals surface area contributed by atoms with Gasteiger partial charge < -0.3 is 10.2 Å². The van der Waals surface area contributed by atoms with Crippen LogP contribution in [0.15, 0.2) is 59.3 Å². The van der Waals surface area contributed by atoms with Crippen molar-refractivity contribution in [2.24, 2.45) is 0 Å². The molecule has 14 heteroatoms. The van der Waals surface area contributed by atoms with E-state index in [4.69, 9.17) is 4.84 Å². The highest BCUT2D eigenvalue weighted by molar-refractivity contribution is 5.77. The molecule has 3 heterocycles. The van der Waals surface area contributed by atoms with E-state index in [-0.39, 0.29) is 18.8 Å². The number of hydrogen-bond donors (Lipinski definition) is 3. The van der Waals surface area contributed by atoms with Crippen LogP contribution >= 0.6 is 0 Å². The van der Waals surface area contributed by atoms with Gasteiger partial charge >= 0.3 is 6.18 Å². The number of amides is 1. The minimum Gasteiger partial charge on any atom is -0.378 e. The molecular formula is C25H25F4N7O3. The lowest BCUT2D eigenvalue weighted by Crippen LogP contribution is -2.34. The number of rotatable bonds is 9. The summed E-state index contributed by atoms with van der Waals surface area (Å²) in [6.45, 7) is 2.42. The molecule has 1 aromatic carbocycles. The Kier molecular flexibility index (Phi) is 8.54. The first-order chi connectivity index (χ1) is 18.6. The van der Waals surface area contributed by atoms with E-state index in [1.54, 1.807) is 35.7 Å². The van der Waals surface area contributed by atoms with Gasteiger partial charge in [-0.05, 0) is 19.4 Å². The fourth-order valence-corrected chi connectivity index (χ4v) is 3.96. The topological polar surface area (TPSA) is 125 Å². The van der Waals surface area contributed by atoms with Crippen molar-refractivity contribution in [1.29, 1.82) is 0 Å². The van der Waals surface area contributed by atoms with Crippen molar-refractivity contribution in [2.75, 3.05) is 29.9 Å². The first-order valence-electron chi connectivity index (χ1n) is 11.9. The lowest BCUT2D eigenvalue weighted by molar-refractivity contribution is -0.138. The predicted octanol–water partition coefficient (Wildman–Crippen LogP) is 3.46. The molecular weight excluding hydrogens is 522 g/mol. The Hall–Kier alpha value is -4.33. The fourth-order valence-electron chi connectivity index (χ4n) is 3.96. The highest BCUT2D eigenvalue weighted by Crippen LogP contribution is 2.31. The van der Waals surface area contributed by atoms with Crippen LogP contribution in [-0.2, 0) is 15.8 Å². The predicted molar refractivity (Wildman–Crippen MR) is 134 cm³/mol. The van der Waals surface area contributed by atoms with E-state index in [1.807, 2.05) is 11.0 Å².